The van der Waals surface area contributed by atoms with Gasteiger partial charge >= 0.3 is 0 Å². The molecule has 7 heteroatoms. The average Bonchev–Trinajstić information content (AvgIpc) is 2.59. The number of halogens is 4. The molecule has 2 aliphatic rings. The molecular formula is C20H22Cl4N2S. The van der Waals surface area contributed by atoms with E-state index >= 15 is 0 Å². The van der Waals surface area contributed by atoms with Gasteiger partial charge in [-0.15, -0.1) is 12.4 Å². The van der Waals surface area contributed by atoms with Crippen molar-refractivity contribution >= 4 is 70.3 Å². The predicted octanol–water partition coefficient (Wildman–Crippen LogP) is 7.55. The van der Waals surface area contributed by atoms with Gasteiger partial charge in [-0.3, -0.25) is 0 Å². The fourth-order valence-corrected chi connectivity index (χ4v) is 6.09. The van der Waals surface area contributed by atoms with Gasteiger partial charge in [0.25, 0.3) is 0 Å². The lowest BCUT2D eigenvalue weighted by molar-refractivity contribution is 0.178. The zero-order chi connectivity index (χ0) is 18.3. The van der Waals surface area contributed by atoms with E-state index in [4.69, 9.17) is 34.8 Å². The number of rotatable bonds is 3. The number of hydrogen-bond acceptors (Lipinski definition) is 3. The van der Waals surface area contributed by atoms with E-state index in [9.17, 15) is 0 Å². The van der Waals surface area contributed by atoms with E-state index in [0.717, 1.165) is 33.5 Å². The molecule has 2 aromatic carbocycles. The smallest absolute Gasteiger partial charge is 0.0743 e. The zero-order valence-corrected chi connectivity index (χ0v) is 19.0. The second kappa shape index (κ2) is 9.02. The topological polar surface area (TPSA) is 6.48 Å². The fourth-order valence-electron chi connectivity index (χ4n) is 3.93. The van der Waals surface area contributed by atoms with Gasteiger partial charge in [0.2, 0.25) is 0 Å². The molecule has 1 fully saturated rings. The first-order valence-electron chi connectivity index (χ1n) is 8.97. The quantitative estimate of drug-likeness (QED) is 0.463. The highest BCUT2D eigenvalue weighted by Gasteiger charge is 2.28. The Morgan fingerprint density at radius 2 is 1.81 bits per heavy atom. The molecule has 1 atom stereocenters. The van der Waals surface area contributed by atoms with Crippen molar-refractivity contribution < 1.29 is 0 Å². The van der Waals surface area contributed by atoms with E-state index in [-0.39, 0.29) is 12.4 Å². The summed E-state index contributed by atoms with van der Waals surface area (Å²) in [6.45, 7) is 2.12. The molecule has 2 aromatic rings. The van der Waals surface area contributed by atoms with E-state index in [1.807, 2.05) is 24.3 Å². The Labute approximate surface area is 186 Å². The third kappa shape index (κ3) is 4.49. The molecule has 0 aromatic heterocycles. The van der Waals surface area contributed by atoms with Gasteiger partial charge in [0, 0.05) is 32.4 Å². The average molecular weight is 464 g/mol. The number of hydrogen-bond donors (Lipinski definition) is 0. The molecule has 146 valence electrons. The van der Waals surface area contributed by atoms with E-state index in [2.05, 4.69) is 22.9 Å². The highest BCUT2D eigenvalue weighted by molar-refractivity contribution is 7.99. The number of piperidine rings is 1. The molecular weight excluding hydrogens is 442 g/mol. The number of nitrogens with zero attached hydrogens (tertiary/aromatic N) is 2. The molecule has 2 nitrogen and oxygen atoms in total. The van der Waals surface area contributed by atoms with Crippen LogP contribution in [0.25, 0.3) is 0 Å². The largest absolute Gasteiger partial charge is 0.338 e. The first-order valence-corrected chi connectivity index (χ1v) is 10.9. The summed E-state index contributed by atoms with van der Waals surface area (Å²) in [5, 5.41) is 2.12. The van der Waals surface area contributed by atoms with Crippen LogP contribution < -0.4 is 4.90 Å². The standard InChI is InChI=1S/C20H21Cl3N2S.ClH/c1-24-8-3-2-4-15(24)7-9-25-17-6-5-13(21)11-18(17)26-19-12-14(22)10-16(23)20(19)25;/h5-6,10-12,15H,2-4,7-9H2,1H3;1H. The number of anilines is 2. The van der Waals surface area contributed by atoms with Gasteiger partial charge in [-0.25, -0.2) is 0 Å². The van der Waals surface area contributed by atoms with Gasteiger partial charge in [0.1, 0.15) is 0 Å². The van der Waals surface area contributed by atoms with E-state index < -0.39 is 0 Å². The van der Waals surface area contributed by atoms with Gasteiger partial charge < -0.3 is 9.80 Å². The molecule has 0 N–H and O–H groups in total. The molecule has 27 heavy (non-hydrogen) atoms. The highest BCUT2D eigenvalue weighted by Crippen LogP contribution is 2.52. The molecule has 1 saturated heterocycles. The summed E-state index contributed by atoms with van der Waals surface area (Å²) in [6, 6.07) is 10.5. The fraction of sp³-hybridized carbons (Fsp3) is 0.400. The zero-order valence-electron chi connectivity index (χ0n) is 15.1. The number of fused-ring (bicyclic) bond motifs is 2. The van der Waals surface area contributed by atoms with Crippen LogP contribution in [-0.4, -0.2) is 31.1 Å². The van der Waals surface area contributed by atoms with Crippen molar-refractivity contribution in [1.29, 1.82) is 0 Å². The third-order valence-electron chi connectivity index (χ3n) is 5.30. The molecule has 2 heterocycles. The molecule has 0 spiro atoms. The molecule has 0 amide bonds. The van der Waals surface area contributed by atoms with E-state index in [1.165, 1.54) is 31.5 Å². The normalized spacial score (nSPS) is 19.3. The van der Waals surface area contributed by atoms with Crippen molar-refractivity contribution in [2.45, 2.75) is 41.5 Å². The van der Waals surface area contributed by atoms with Crippen LogP contribution in [0.1, 0.15) is 25.7 Å². The van der Waals surface area contributed by atoms with Crippen LogP contribution in [0.15, 0.2) is 40.1 Å². The van der Waals surface area contributed by atoms with Crippen LogP contribution >= 0.6 is 59.0 Å². The maximum Gasteiger partial charge on any atom is 0.0743 e. The van der Waals surface area contributed by atoms with Crippen molar-refractivity contribution in [3.05, 3.63) is 45.4 Å². The van der Waals surface area contributed by atoms with Crippen LogP contribution in [0.3, 0.4) is 0 Å². The van der Waals surface area contributed by atoms with Gasteiger partial charge in [0.15, 0.2) is 0 Å². The van der Waals surface area contributed by atoms with Crippen LogP contribution in [-0.2, 0) is 0 Å². The summed E-state index contributed by atoms with van der Waals surface area (Å²) in [6.07, 6.45) is 5.02. The van der Waals surface area contributed by atoms with Crippen LogP contribution in [0.5, 0.6) is 0 Å². The summed E-state index contributed by atoms with van der Waals surface area (Å²) in [5.41, 5.74) is 2.24. The van der Waals surface area contributed by atoms with Crippen molar-refractivity contribution in [2.24, 2.45) is 0 Å². The monoisotopic (exact) mass is 462 g/mol. The lowest BCUT2D eigenvalue weighted by Gasteiger charge is -2.37. The first kappa shape index (κ1) is 21.4. The maximum atomic E-state index is 6.61. The Balaban J connectivity index is 0.00000210. The maximum absolute atomic E-state index is 6.61. The second-order valence-electron chi connectivity index (χ2n) is 7.02. The van der Waals surface area contributed by atoms with Gasteiger partial charge in [-0.2, -0.15) is 0 Å². The molecule has 0 radical (unpaired) electrons. The highest BCUT2D eigenvalue weighted by atomic mass is 35.5. The van der Waals surface area contributed by atoms with E-state index in [1.54, 1.807) is 11.8 Å². The van der Waals surface area contributed by atoms with Gasteiger partial charge in [-0.1, -0.05) is 53.0 Å². The summed E-state index contributed by atoms with van der Waals surface area (Å²) in [7, 11) is 2.24. The predicted molar refractivity (Wildman–Crippen MR) is 121 cm³/mol. The Kier molecular flexibility index (Phi) is 7.16. The molecule has 1 unspecified atom stereocenters. The first-order chi connectivity index (χ1) is 12.5. The van der Waals surface area contributed by atoms with Crippen molar-refractivity contribution in [1.82, 2.24) is 4.90 Å². The van der Waals surface area contributed by atoms with Crippen molar-refractivity contribution in [2.75, 3.05) is 25.0 Å². The van der Waals surface area contributed by atoms with Crippen LogP contribution in [0, 0.1) is 0 Å². The number of benzene rings is 2. The summed E-state index contributed by atoms with van der Waals surface area (Å²) < 4.78 is 0. The minimum absolute atomic E-state index is 0. The van der Waals surface area contributed by atoms with Gasteiger partial charge in [-0.05, 0) is 63.2 Å². The SMILES string of the molecule is CN1CCCCC1CCN1c2ccc(Cl)cc2Sc2cc(Cl)cc(Cl)c21.Cl. The minimum atomic E-state index is 0. The molecule has 0 bridgehead atoms. The van der Waals surface area contributed by atoms with Crippen molar-refractivity contribution in [3.63, 3.8) is 0 Å². The molecule has 0 saturated carbocycles. The molecule has 0 aliphatic carbocycles. The summed E-state index contributed by atoms with van der Waals surface area (Å²) >= 11 is 20.8. The Hall–Kier alpha value is -0.290. The van der Waals surface area contributed by atoms with E-state index in [0.29, 0.717) is 16.1 Å². The Morgan fingerprint density at radius 3 is 2.59 bits per heavy atom. The van der Waals surface area contributed by atoms with Crippen molar-refractivity contribution in [3.8, 4) is 0 Å². The van der Waals surface area contributed by atoms with Gasteiger partial charge in [0.05, 0.1) is 16.4 Å². The summed E-state index contributed by atoms with van der Waals surface area (Å²) in [4.78, 5) is 7.09. The number of likely N-dealkylation sites (tertiary alicyclic amines) is 1. The minimum Gasteiger partial charge on any atom is -0.338 e. The Bertz CT molecular complexity index is 830. The van der Waals surface area contributed by atoms with Crippen LogP contribution in [0.4, 0.5) is 11.4 Å². The lowest BCUT2D eigenvalue weighted by atomic mass is 9.99. The van der Waals surface area contributed by atoms with Crippen LogP contribution in [0.2, 0.25) is 15.1 Å². The summed E-state index contributed by atoms with van der Waals surface area (Å²) in [5.74, 6) is 0. The lowest BCUT2D eigenvalue weighted by Crippen LogP contribution is -2.38. The third-order valence-corrected chi connectivity index (χ3v) is 7.12. The Morgan fingerprint density at radius 1 is 1.04 bits per heavy atom. The second-order valence-corrected chi connectivity index (χ2v) is 9.38. The molecule has 2 aliphatic heterocycles. The molecule has 4 rings (SSSR count).